The van der Waals surface area contributed by atoms with Gasteiger partial charge in [0.05, 0.1) is 28.9 Å². The number of furan rings is 1. The van der Waals surface area contributed by atoms with Gasteiger partial charge in [-0.15, -0.1) is 11.8 Å². The van der Waals surface area contributed by atoms with Crippen molar-refractivity contribution in [3.05, 3.63) is 57.9 Å². The van der Waals surface area contributed by atoms with E-state index in [4.69, 9.17) is 4.42 Å². The lowest BCUT2D eigenvalue weighted by atomic mass is 9.84. The van der Waals surface area contributed by atoms with E-state index in [9.17, 15) is 23.2 Å². The first-order valence-corrected chi connectivity index (χ1v) is 8.34. The minimum absolute atomic E-state index is 0.0181. The number of hydrogen-bond donors (Lipinski definition) is 1. The zero-order valence-electron chi connectivity index (χ0n) is 13.5. The molecule has 2 heterocycles. The number of rotatable bonds is 6. The van der Waals surface area contributed by atoms with Crippen LogP contribution < -0.4 is 5.32 Å². The first-order valence-electron chi connectivity index (χ1n) is 7.35. The van der Waals surface area contributed by atoms with Gasteiger partial charge in [-0.05, 0) is 26.0 Å². The normalized spacial score (nSPS) is 17.2. The molecule has 0 spiro atoms. The Labute approximate surface area is 147 Å². The van der Waals surface area contributed by atoms with Gasteiger partial charge in [0.25, 0.3) is 0 Å². The number of thioether (sulfide) groups is 1. The van der Waals surface area contributed by atoms with E-state index in [2.05, 4.69) is 11.4 Å². The zero-order chi connectivity index (χ0) is 18.6. The Hall–Kier alpha value is -2.40. The highest BCUT2D eigenvalue weighted by Crippen LogP contribution is 2.41. The van der Waals surface area contributed by atoms with Gasteiger partial charge in [0.2, 0.25) is 0 Å². The second kappa shape index (κ2) is 8.12. The van der Waals surface area contributed by atoms with Gasteiger partial charge in [0.1, 0.15) is 5.76 Å². The first-order chi connectivity index (χ1) is 11.9. The van der Waals surface area contributed by atoms with Crippen LogP contribution >= 0.6 is 11.8 Å². The number of nitriles is 1. The monoisotopic (exact) mass is 368 g/mol. The summed E-state index contributed by atoms with van der Waals surface area (Å²) in [6.07, 6.45) is -1.35. The summed E-state index contributed by atoms with van der Waals surface area (Å²) in [7, 11) is 0. The average Bonchev–Trinajstić information content (AvgIpc) is 3.07. The summed E-state index contributed by atoms with van der Waals surface area (Å²) in [5.41, 5.74) is 1.18. The van der Waals surface area contributed by atoms with Crippen molar-refractivity contribution in [2.45, 2.75) is 26.2 Å². The third-order valence-electron chi connectivity index (χ3n) is 3.63. The molecule has 0 saturated heterocycles. The number of allylic oxidation sites excluding steroid dienone is 4. The van der Waals surface area contributed by atoms with E-state index < -0.39 is 24.2 Å². The molecule has 4 nitrogen and oxygen atoms in total. The number of ketones is 1. The molecule has 132 valence electrons. The molecule has 1 aromatic rings. The molecule has 1 aliphatic heterocycles. The van der Waals surface area contributed by atoms with Gasteiger partial charge in [-0.1, -0.05) is 0 Å². The van der Waals surface area contributed by atoms with Crippen molar-refractivity contribution in [1.29, 1.82) is 5.26 Å². The molecule has 0 aromatic carbocycles. The predicted octanol–water partition coefficient (Wildman–Crippen LogP) is 4.77. The van der Waals surface area contributed by atoms with Gasteiger partial charge in [-0.2, -0.15) is 14.0 Å². The summed E-state index contributed by atoms with van der Waals surface area (Å²) < 4.78 is 42.6. The average molecular weight is 368 g/mol. The molecular formula is C17H15F3N2O2S. The van der Waals surface area contributed by atoms with Crippen LogP contribution in [-0.2, 0) is 4.79 Å². The molecule has 2 rings (SSSR count). The summed E-state index contributed by atoms with van der Waals surface area (Å²) in [4.78, 5) is 12.0. The van der Waals surface area contributed by atoms with Crippen molar-refractivity contribution >= 4 is 17.5 Å². The Morgan fingerprint density at radius 3 is 2.68 bits per heavy atom. The molecule has 1 atom stereocenters. The van der Waals surface area contributed by atoms with Crippen LogP contribution in [0, 0.1) is 11.3 Å². The van der Waals surface area contributed by atoms with E-state index in [0.717, 1.165) is 11.8 Å². The fraction of sp³-hybridized carbons (Fsp3) is 0.294. The molecule has 0 aliphatic carbocycles. The third kappa shape index (κ3) is 4.17. The number of carbonyl (C=O) groups excluding carboxylic acids is 1. The number of hydrogen-bond acceptors (Lipinski definition) is 5. The van der Waals surface area contributed by atoms with Crippen LogP contribution in [0.2, 0.25) is 0 Å². The number of carbonyl (C=O) groups is 1. The third-order valence-corrected chi connectivity index (χ3v) is 4.65. The lowest BCUT2D eigenvalue weighted by molar-refractivity contribution is -0.113. The summed E-state index contributed by atoms with van der Waals surface area (Å²) in [6.45, 7) is 3.08. The van der Waals surface area contributed by atoms with Gasteiger partial charge in [0.15, 0.2) is 11.6 Å². The van der Waals surface area contributed by atoms with Gasteiger partial charge >= 0.3 is 6.08 Å². The van der Waals surface area contributed by atoms with Gasteiger partial charge in [0, 0.05) is 23.4 Å². The topological polar surface area (TPSA) is 66.0 Å². The summed E-state index contributed by atoms with van der Waals surface area (Å²) >= 11 is 1.05. The van der Waals surface area contributed by atoms with Crippen LogP contribution in [0.3, 0.4) is 0 Å². The Kier molecular flexibility index (Phi) is 6.15. The largest absolute Gasteiger partial charge is 0.468 e. The minimum atomic E-state index is -2.34. The predicted molar refractivity (Wildman–Crippen MR) is 88.0 cm³/mol. The Morgan fingerprint density at radius 1 is 1.44 bits per heavy atom. The molecule has 0 bridgehead atoms. The maximum atomic E-state index is 12.9. The smallest absolute Gasteiger partial charge is 0.301 e. The number of halogens is 3. The van der Waals surface area contributed by atoms with Crippen LogP contribution in [0.25, 0.3) is 0 Å². The fourth-order valence-corrected chi connectivity index (χ4v) is 3.60. The van der Waals surface area contributed by atoms with E-state index in [1.54, 1.807) is 19.1 Å². The van der Waals surface area contributed by atoms with Crippen LogP contribution in [0.1, 0.15) is 31.9 Å². The Morgan fingerprint density at radius 2 is 2.16 bits per heavy atom. The van der Waals surface area contributed by atoms with E-state index in [-0.39, 0.29) is 17.1 Å². The molecular weight excluding hydrogens is 353 g/mol. The number of Topliss-reactive ketones (excluding diaryl/α,β-unsaturated/α-hetero) is 1. The zero-order valence-corrected chi connectivity index (χ0v) is 14.3. The van der Waals surface area contributed by atoms with E-state index >= 15 is 0 Å². The van der Waals surface area contributed by atoms with Gasteiger partial charge in [-0.3, -0.25) is 4.79 Å². The maximum Gasteiger partial charge on any atom is 0.301 e. The minimum Gasteiger partial charge on any atom is -0.468 e. The summed E-state index contributed by atoms with van der Waals surface area (Å²) in [6, 6.07) is 5.36. The molecule has 1 aromatic heterocycles. The molecule has 0 radical (unpaired) electrons. The van der Waals surface area contributed by atoms with Crippen molar-refractivity contribution in [2.24, 2.45) is 0 Å². The molecule has 1 unspecified atom stereocenters. The molecule has 25 heavy (non-hydrogen) atoms. The van der Waals surface area contributed by atoms with Crippen molar-refractivity contribution in [3.8, 4) is 6.07 Å². The van der Waals surface area contributed by atoms with E-state index in [0.29, 0.717) is 22.1 Å². The van der Waals surface area contributed by atoms with E-state index in [1.807, 2.05) is 0 Å². The van der Waals surface area contributed by atoms with Crippen molar-refractivity contribution < 1.29 is 22.4 Å². The fourth-order valence-electron chi connectivity index (χ4n) is 2.57. The molecule has 0 fully saturated rings. The first kappa shape index (κ1) is 18.9. The quantitative estimate of drug-likeness (QED) is 0.784. The van der Waals surface area contributed by atoms with Crippen LogP contribution in [0.15, 0.2) is 56.6 Å². The highest BCUT2D eigenvalue weighted by Gasteiger charge is 2.34. The van der Waals surface area contributed by atoms with Crippen molar-refractivity contribution in [3.63, 3.8) is 0 Å². The van der Waals surface area contributed by atoms with Crippen molar-refractivity contribution in [2.75, 3.05) is 5.75 Å². The van der Waals surface area contributed by atoms with Crippen LogP contribution in [-0.4, -0.2) is 11.5 Å². The van der Waals surface area contributed by atoms with Crippen LogP contribution in [0.4, 0.5) is 13.2 Å². The van der Waals surface area contributed by atoms with Crippen molar-refractivity contribution in [1.82, 2.24) is 5.32 Å². The number of dihydropyridines is 1. The Bertz CT molecular complexity index is 800. The molecule has 0 amide bonds. The second-order valence-electron chi connectivity index (χ2n) is 5.29. The Balaban J connectivity index is 2.36. The molecule has 8 heteroatoms. The standard InChI is InChI=1S/C17H15F3N2O2S/c1-9-14(10(2)23)15(13-4-3-6-24-13)11(8-21)17(22-9)25-7-5-12(18)16(19)20/h3-4,6,15,22H,5,7H2,1-2H3. The maximum absolute atomic E-state index is 12.9. The van der Waals surface area contributed by atoms with E-state index in [1.165, 1.54) is 13.2 Å². The van der Waals surface area contributed by atoms with Crippen LogP contribution in [0.5, 0.6) is 0 Å². The SMILES string of the molecule is CC(=O)C1=C(C)NC(SCCC(F)=C(F)F)=C(C#N)C1c1ccco1. The highest BCUT2D eigenvalue weighted by atomic mass is 32.2. The molecule has 1 aliphatic rings. The number of nitrogens with zero attached hydrogens (tertiary/aromatic N) is 1. The van der Waals surface area contributed by atoms with Gasteiger partial charge in [-0.25, -0.2) is 4.39 Å². The molecule has 1 N–H and O–H groups in total. The summed E-state index contributed by atoms with van der Waals surface area (Å²) in [5, 5.41) is 12.9. The summed E-state index contributed by atoms with van der Waals surface area (Å²) in [5.74, 6) is -1.91. The lowest BCUT2D eigenvalue weighted by Gasteiger charge is -2.27. The molecule has 0 saturated carbocycles. The lowest BCUT2D eigenvalue weighted by Crippen LogP contribution is -2.26. The second-order valence-corrected chi connectivity index (χ2v) is 6.39. The van der Waals surface area contributed by atoms with Gasteiger partial charge < -0.3 is 9.73 Å². The highest BCUT2D eigenvalue weighted by molar-refractivity contribution is 8.03. The number of nitrogens with one attached hydrogen (secondary N) is 1.